The lowest BCUT2D eigenvalue weighted by Crippen LogP contribution is -2.52. The first kappa shape index (κ1) is 19.1. The Morgan fingerprint density at radius 3 is 2.83 bits per heavy atom. The van der Waals surface area contributed by atoms with E-state index in [2.05, 4.69) is 30.1 Å². The van der Waals surface area contributed by atoms with Crippen molar-refractivity contribution >= 4 is 16.8 Å². The standard InChI is InChI=1S/C24H27N3O3/c1-16(2)29-22-14-24(30-21-6-4-3-5-19(21)22)9-11-27(12-10-24)23(28)17-7-8-20-18(13-17)15-25-26-20/h3-8,13,15-16,22H,9-12,14H2,1-2H3,(H,25,26)/t22-/m1/s1. The number of benzene rings is 2. The smallest absolute Gasteiger partial charge is 0.253 e. The number of carbonyl (C=O) groups is 1. The highest BCUT2D eigenvalue weighted by molar-refractivity contribution is 5.97. The molecule has 2 aromatic carbocycles. The van der Waals surface area contributed by atoms with Gasteiger partial charge in [-0.25, -0.2) is 0 Å². The van der Waals surface area contributed by atoms with Crippen LogP contribution in [0, 0.1) is 0 Å². The number of likely N-dealkylation sites (tertiary alicyclic amines) is 1. The third kappa shape index (κ3) is 3.45. The first-order valence-corrected chi connectivity index (χ1v) is 10.7. The van der Waals surface area contributed by atoms with E-state index >= 15 is 0 Å². The quantitative estimate of drug-likeness (QED) is 0.697. The van der Waals surface area contributed by atoms with Gasteiger partial charge in [0.25, 0.3) is 5.91 Å². The van der Waals surface area contributed by atoms with Gasteiger partial charge >= 0.3 is 0 Å². The number of rotatable bonds is 3. The Labute approximate surface area is 176 Å². The molecule has 1 spiro atoms. The van der Waals surface area contributed by atoms with Crippen LogP contribution in [0.4, 0.5) is 0 Å². The predicted octanol–water partition coefficient (Wildman–Crippen LogP) is 4.49. The Hall–Kier alpha value is -2.86. The van der Waals surface area contributed by atoms with Crippen molar-refractivity contribution in [3.05, 3.63) is 59.8 Å². The third-order valence-electron chi connectivity index (χ3n) is 6.24. The minimum Gasteiger partial charge on any atom is -0.487 e. The molecule has 156 valence electrons. The fourth-order valence-corrected chi connectivity index (χ4v) is 4.69. The Kier molecular flexibility index (Phi) is 4.74. The molecule has 1 aromatic heterocycles. The average molecular weight is 405 g/mol. The summed E-state index contributed by atoms with van der Waals surface area (Å²) < 4.78 is 12.8. The highest BCUT2D eigenvalue weighted by atomic mass is 16.5. The van der Waals surface area contributed by atoms with Gasteiger partial charge in [0.15, 0.2) is 0 Å². The SMILES string of the molecule is CC(C)O[C@@H]1CC2(CCN(C(=O)c3ccc4[nH]ncc4c3)CC2)Oc2ccccc21. The van der Waals surface area contributed by atoms with Gasteiger partial charge in [0.2, 0.25) is 0 Å². The van der Waals surface area contributed by atoms with E-state index in [1.54, 1.807) is 6.20 Å². The van der Waals surface area contributed by atoms with E-state index in [9.17, 15) is 4.79 Å². The molecule has 30 heavy (non-hydrogen) atoms. The van der Waals surface area contributed by atoms with Gasteiger partial charge in [-0.15, -0.1) is 0 Å². The van der Waals surface area contributed by atoms with Crippen molar-refractivity contribution in [2.75, 3.05) is 13.1 Å². The maximum Gasteiger partial charge on any atom is 0.253 e. The Morgan fingerprint density at radius 2 is 2.03 bits per heavy atom. The zero-order chi connectivity index (χ0) is 20.7. The molecule has 2 aliphatic rings. The fourth-order valence-electron chi connectivity index (χ4n) is 4.69. The van der Waals surface area contributed by atoms with Gasteiger partial charge in [-0.1, -0.05) is 18.2 Å². The van der Waals surface area contributed by atoms with E-state index in [1.807, 2.05) is 41.3 Å². The van der Waals surface area contributed by atoms with Crippen molar-refractivity contribution in [3.63, 3.8) is 0 Å². The molecule has 0 saturated carbocycles. The molecule has 3 heterocycles. The monoisotopic (exact) mass is 405 g/mol. The molecular formula is C24H27N3O3. The van der Waals surface area contributed by atoms with Crippen LogP contribution >= 0.6 is 0 Å². The number of ether oxygens (including phenoxy) is 2. The molecular weight excluding hydrogens is 378 g/mol. The highest BCUT2D eigenvalue weighted by Crippen LogP contribution is 2.46. The summed E-state index contributed by atoms with van der Waals surface area (Å²) in [6.45, 7) is 5.50. The van der Waals surface area contributed by atoms with Crippen molar-refractivity contribution in [3.8, 4) is 5.75 Å². The molecule has 0 unspecified atom stereocenters. The molecule has 2 aliphatic heterocycles. The van der Waals surface area contributed by atoms with Crippen LogP contribution in [-0.2, 0) is 4.74 Å². The van der Waals surface area contributed by atoms with Gasteiger partial charge in [0.05, 0.1) is 23.9 Å². The predicted molar refractivity (Wildman–Crippen MR) is 115 cm³/mol. The maximum absolute atomic E-state index is 13.1. The van der Waals surface area contributed by atoms with E-state index in [1.165, 1.54) is 0 Å². The number of carbonyl (C=O) groups excluding carboxylic acids is 1. The molecule has 0 radical (unpaired) electrons. The van der Waals surface area contributed by atoms with Crippen molar-refractivity contribution in [1.29, 1.82) is 0 Å². The molecule has 1 saturated heterocycles. The van der Waals surface area contributed by atoms with Crippen molar-refractivity contribution in [1.82, 2.24) is 15.1 Å². The molecule has 1 N–H and O–H groups in total. The van der Waals surface area contributed by atoms with E-state index in [0.717, 1.165) is 41.5 Å². The maximum atomic E-state index is 13.1. The topological polar surface area (TPSA) is 67.5 Å². The van der Waals surface area contributed by atoms with Crippen LogP contribution in [0.3, 0.4) is 0 Å². The van der Waals surface area contributed by atoms with E-state index < -0.39 is 0 Å². The second-order valence-corrected chi connectivity index (χ2v) is 8.66. The van der Waals surface area contributed by atoms with E-state index in [-0.39, 0.29) is 23.7 Å². The van der Waals surface area contributed by atoms with Crippen LogP contribution in [0.2, 0.25) is 0 Å². The van der Waals surface area contributed by atoms with Crippen LogP contribution in [0.1, 0.15) is 55.1 Å². The average Bonchev–Trinajstić information content (AvgIpc) is 3.21. The lowest BCUT2D eigenvalue weighted by Gasteiger charge is -2.47. The second-order valence-electron chi connectivity index (χ2n) is 8.66. The summed E-state index contributed by atoms with van der Waals surface area (Å²) in [5.41, 5.74) is 2.49. The van der Waals surface area contributed by atoms with Crippen LogP contribution in [0.15, 0.2) is 48.7 Å². The molecule has 0 aliphatic carbocycles. The summed E-state index contributed by atoms with van der Waals surface area (Å²) in [7, 11) is 0. The number of H-pyrrole nitrogens is 1. The molecule has 0 bridgehead atoms. The number of hydrogen-bond donors (Lipinski definition) is 1. The normalized spacial score (nSPS) is 20.4. The number of piperidine rings is 1. The minimum absolute atomic E-state index is 0.0284. The summed E-state index contributed by atoms with van der Waals surface area (Å²) in [4.78, 5) is 15.0. The van der Waals surface area contributed by atoms with Crippen molar-refractivity contribution in [2.45, 2.75) is 50.9 Å². The third-order valence-corrected chi connectivity index (χ3v) is 6.24. The molecule has 5 rings (SSSR count). The van der Waals surface area contributed by atoms with Gasteiger partial charge < -0.3 is 14.4 Å². The first-order valence-electron chi connectivity index (χ1n) is 10.7. The number of nitrogens with one attached hydrogen (secondary N) is 1. The number of amides is 1. The number of hydrogen-bond acceptors (Lipinski definition) is 4. The number of para-hydroxylation sites is 1. The molecule has 6 nitrogen and oxygen atoms in total. The number of fused-ring (bicyclic) bond motifs is 2. The van der Waals surface area contributed by atoms with Gasteiger partial charge in [0.1, 0.15) is 11.4 Å². The zero-order valence-electron chi connectivity index (χ0n) is 17.4. The lowest BCUT2D eigenvalue weighted by molar-refractivity contribution is -0.0872. The molecule has 1 amide bonds. The van der Waals surface area contributed by atoms with E-state index in [0.29, 0.717) is 18.7 Å². The van der Waals surface area contributed by atoms with Crippen LogP contribution in [0.5, 0.6) is 5.75 Å². The fraction of sp³-hybridized carbons (Fsp3) is 0.417. The minimum atomic E-state index is -0.279. The Bertz CT molecular complexity index is 1070. The largest absolute Gasteiger partial charge is 0.487 e. The lowest BCUT2D eigenvalue weighted by atomic mass is 9.81. The zero-order valence-corrected chi connectivity index (χ0v) is 17.4. The van der Waals surface area contributed by atoms with Crippen LogP contribution in [-0.4, -0.2) is 45.8 Å². The highest BCUT2D eigenvalue weighted by Gasteiger charge is 2.44. The van der Waals surface area contributed by atoms with E-state index in [4.69, 9.17) is 9.47 Å². The molecule has 3 aromatic rings. The summed E-state index contributed by atoms with van der Waals surface area (Å²) in [6, 6.07) is 13.9. The van der Waals surface area contributed by atoms with Crippen LogP contribution < -0.4 is 4.74 Å². The van der Waals surface area contributed by atoms with Crippen molar-refractivity contribution < 1.29 is 14.3 Å². The molecule has 1 fully saturated rings. The Morgan fingerprint density at radius 1 is 1.23 bits per heavy atom. The summed E-state index contributed by atoms with van der Waals surface area (Å²) in [5, 5.41) is 7.92. The number of aromatic nitrogens is 2. The second kappa shape index (κ2) is 7.43. The van der Waals surface area contributed by atoms with Gasteiger partial charge in [0, 0.05) is 48.9 Å². The Balaban J connectivity index is 1.32. The molecule has 6 heteroatoms. The molecule has 1 atom stereocenters. The van der Waals surface area contributed by atoms with Gasteiger partial charge in [-0.3, -0.25) is 9.89 Å². The summed E-state index contributed by atoms with van der Waals surface area (Å²) >= 11 is 0. The van der Waals surface area contributed by atoms with Gasteiger partial charge in [-0.05, 0) is 38.1 Å². The summed E-state index contributed by atoms with van der Waals surface area (Å²) in [5.74, 6) is 0.985. The summed E-state index contributed by atoms with van der Waals surface area (Å²) in [6.07, 6.45) is 4.36. The van der Waals surface area contributed by atoms with Crippen LogP contribution in [0.25, 0.3) is 10.9 Å². The number of aromatic amines is 1. The van der Waals surface area contributed by atoms with Gasteiger partial charge in [-0.2, -0.15) is 5.10 Å². The first-order chi connectivity index (χ1) is 14.5. The number of nitrogens with zero attached hydrogens (tertiary/aromatic N) is 2. The van der Waals surface area contributed by atoms with Crippen molar-refractivity contribution in [2.24, 2.45) is 0 Å².